The summed E-state index contributed by atoms with van der Waals surface area (Å²) in [6, 6.07) is 9.59. The van der Waals surface area contributed by atoms with Crippen molar-refractivity contribution < 1.29 is 0 Å². The second-order valence-electron chi connectivity index (χ2n) is 13.6. The van der Waals surface area contributed by atoms with Crippen LogP contribution < -0.4 is 0 Å². The first kappa shape index (κ1) is 43.6. The summed E-state index contributed by atoms with van der Waals surface area (Å²) in [6.07, 6.45) is 20.9. The average Bonchev–Trinajstić information content (AvgIpc) is 3.20. The number of rotatable bonds is 7. The van der Waals surface area contributed by atoms with Crippen molar-refractivity contribution in [2.75, 3.05) is 0 Å². The molecule has 53 heavy (non-hydrogen) atoms. The predicted octanol–water partition coefficient (Wildman–Crippen LogP) is 8.94. The first-order chi connectivity index (χ1) is 25.4. The van der Waals surface area contributed by atoms with Gasteiger partial charge >= 0.3 is 0 Å². The van der Waals surface area contributed by atoms with Crippen molar-refractivity contribution in [2.45, 2.75) is 112 Å². The fourth-order valence-electron chi connectivity index (χ4n) is 4.08. The van der Waals surface area contributed by atoms with Gasteiger partial charge in [0.05, 0.1) is 23.3 Å². The topological polar surface area (TPSA) is 155 Å². The molecule has 0 saturated carbocycles. The molecule has 0 amide bonds. The van der Waals surface area contributed by atoms with E-state index in [0.717, 1.165) is 28.6 Å². The average molecular weight is 717 g/mol. The molecule has 0 aliphatic heterocycles. The molecule has 0 N–H and O–H groups in total. The van der Waals surface area contributed by atoms with Gasteiger partial charge < -0.3 is 0 Å². The smallest absolute Gasteiger partial charge is 0.130 e. The maximum absolute atomic E-state index is 4.62. The van der Waals surface area contributed by atoms with Crippen molar-refractivity contribution in [3.8, 4) is 0 Å². The van der Waals surface area contributed by atoms with Gasteiger partial charge in [-0.1, -0.05) is 76.2 Å². The van der Waals surface area contributed by atoms with E-state index in [1.807, 2.05) is 48.9 Å². The standard InChI is InChI=1S/C13H16N4.4C7H10N2/c1-9(2)12-7-14-8-13(16-12)10(3)11-5-4-6-15-17-11;1-6(2)7-3-8-5-9-4-7;1-6(2)7-3-4-8-5-9-7;1-6(2)7-3-4-8-9-5-7;1-6(2)7-8-4-3-5-9-7/h4-10H,1-3H3;4*3-6H,1-2H3. The van der Waals surface area contributed by atoms with Gasteiger partial charge in [0.2, 0.25) is 0 Å². The summed E-state index contributed by atoms with van der Waals surface area (Å²) >= 11 is 0. The van der Waals surface area contributed by atoms with Crippen LogP contribution in [0, 0.1) is 0 Å². The molecule has 0 aliphatic carbocycles. The van der Waals surface area contributed by atoms with E-state index in [0.29, 0.717) is 29.6 Å². The summed E-state index contributed by atoms with van der Waals surface area (Å²) in [6.45, 7) is 23.2. The fraction of sp³-hybridized carbons (Fsp3) is 0.415. The van der Waals surface area contributed by atoms with E-state index in [-0.39, 0.29) is 5.92 Å². The van der Waals surface area contributed by atoms with Gasteiger partial charge in [-0.05, 0) is 65.1 Å². The van der Waals surface area contributed by atoms with Crippen molar-refractivity contribution >= 4 is 0 Å². The van der Waals surface area contributed by atoms with Crippen LogP contribution in [0.4, 0.5) is 0 Å². The molecule has 0 saturated heterocycles. The van der Waals surface area contributed by atoms with Gasteiger partial charge in [0, 0.05) is 73.3 Å². The Labute approximate surface area is 316 Å². The molecule has 6 aromatic heterocycles. The molecule has 6 heterocycles. The van der Waals surface area contributed by atoms with Crippen LogP contribution in [0.15, 0.2) is 105 Å². The highest BCUT2D eigenvalue weighted by molar-refractivity contribution is 5.20. The SMILES string of the molecule is CC(C)c1ccncn1.CC(C)c1ccnnc1.CC(C)c1cncc(C(C)c2cccnn2)n1.CC(C)c1cncnc1.CC(C)c1ncccn1. The maximum Gasteiger partial charge on any atom is 0.130 e. The summed E-state index contributed by atoms with van der Waals surface area (Å²) in [5.74, 6) is 3.45. The third-order valence-electron chi connectivity index (χ3n) is 7.56. The Balaban J connectivity index is 0.000000237. The Hall–Kier alpha value is -5.52. The lowest BCUT2D eigenvalue weighted by Crippen LogP contribution is -2.05. The van der Waals surface area contributed by atoms with E-state index in [1.165, 1.54) is 11.1 Å². The van der Waals surface area contributed by atoms with Crippen LogP contribution in [0.25, 0.3) is 0 Å². The minimum Gasteiger partial charge on any atom is -0.261 e. The monoisotopic (exact) mass is 716 g/mol. The molecule has 1 unspecified atom stereocenters. The molecule has 0 spiro atoms. The molecule has 1 atom stereocenters. The van der Waals surface area contributed by atoms with E-state index in [9.17, 15) is 0 Å². The van der Waals surface area contributed by atoms with Gasteiger partial charge in [-0.3, -0.25) is 9.97 Å². The van der Waals surface area contributed by atoms with Gasteiger partial charge in [0.15, 0.2) is 0 Å². The van der Waals surface area contributed by atoms with Gasteiger partial charge in [-0.25, -0.2) is 29.9 Å². The van der Waals surface area contributed by atoms with E-state index < -0.39 is 0 Å². The molecule has 0 aliphatic rings. The van der Waals surface area contributed by atoms with E-state index >= 15 is 0 Å². The zero-order valence-corrected chi connectivity index (χ0v) is 33.1. The van der Waals surface area contributed by atoms with E-state index in [4.69, 9.17) is 0 Å². The van der Waals surface area contributed by atoms with Crippen molar-refractivity contribution in [1.29, 1.82) is 0 Å². The summed E-state index contributed by atoms with van der Waals surface area (Å²) in [7, 11) is 0. The molecule has 12 heteroatoms. The van der Waals surface area contributed by atoms with Gasteiger partial charge in [0.1, 0.15) is 18.5 Å². The Morgan fingerprint density at radius 1 is 0.396 bits per heavy atom. The van der Waals surface area contributed by atoms with Crippen molar-refractivity contribution in [3.05, 3.63) is 145 Å². The van der Waals surface area contributed by atoms with Crippen LogP contribution in [-0.2, 0) is 0 Å². The zero-order valence-electron chi connectivity index (χ0n) is 33.1. The van der Waals surface area contributed by atoms with Crippen LogP contribution >= 0.6 is 0 Å². The molecule has 12 nitrogen and oxygen atoms in total. The highest BCUT2D eigenvalue weighted by Gasteiger charge is 2.13. The number of nitrogens with zero attached hydrogens (tertiary/aromatic N) is 12. The molecule has 0 aromatic carbocycles. The highest BCUT2D eigenvalue weighted by Crippen LogP contribution is 2.21. The van der Waals surface area contributed by atoms with Crippen molar-refractivity contribution in [3.63, 3.8) is 0 Å². The molecule has 0 radical (unpaired) electrons. The first-order valence-electron chi connectivity index (χ1n) is 18.0. The molecule has 0 bridgehead atoms. The van der Waals surface area contributed by atoms with E-state index in [2.05, 4.69) is 136 Å². The highest BCUT2D eigenvalue weighted by atomic mass is 15.1. The second kappa shape index (κ2) is 24.6. The lowest BCUT2D eigenvalue weighted by atomic mass is 10.0. The van der Waals surface area contributed by atoms with Crippen molar-refractivity contribution in [1.82, 2.24) is 60.3 Å². The molecule has 6 rings (SSSR count). The summed E-state index contributed by atoms with van der Waals surface area (Å²) in [5.41, 5.74) is 6.41. The lowest BCUT2D eigenvalue weighted by Gasteiger charge is -2.11. The molecule has 280 valence electrons. The Kier molecular flexibility index (Phi) is 20.3. The van der Waals surface area contributed by atoms with Crippen molar-refractivity contribution in [2.24, 2.45) is 0 Å². The molecule has 6 aromatic rings. The molecular formula is C41H56N12. The van der Waals surface area contributed by atoms with Crippen LogP contribution in [0.3, 0.4) is 0 Å². The van der Waals surface area contributed by atoms with Crippen LogP contribution in [0.5, 0.6) is 0 Å². The normalized spacial score (nSPS) is 10.9. The van der Waals surface area contributed by atoms with Gasteiger partial charge in [0.25, 0.3) is 0 Å². The zero-order chi connectivity index (χ0) is 39.0. The maximum atomic E-state index is 4.62. The van der Waals surface area contributed by atoms with Crippen LogP contribution in [-0.4, -0.2) is 60.3 Å². The Bertz CT molecular complexity index is 1580. The largest absolute Gasteiger partial charge is 0.261 e. The lowest BCUT2D eigenvalue weighted by molar-refractivity contribution is 0.746. The predicted molar refractivity (Wildman–Crippen MR) is 210 cm³/mol. The third kappa shape index (κ3) is 17.5. The Morgan fingerprint density at radius 3 is 1.49 bits per heavy atom. The third-order valence-corrected chi connectivity index (χ3v) is 7.56. The number of hydrogen-bond donors (Lipinski definition) is 0. The van der Waals surface area contributed by atoms with Crippen LogP contribution in [0.1, 0.15) is 151 Å². The van der Waals surface area contributed by atoms with Gasteiger partial charge in [-0.2, -0.15) is 20.4 Å². The van der Waals surface area contributed by atoms with Gasteiger partial charge in [-0.15, -0.1) is 0 Å². The quantitative estimate of drug-likeness (QED) is 0.155. The summed E-state index contributed by atoms with van der Waals surface area (Å²) in [5, 5.41) is 15.4. The summed E-state index contributed by atoms with van der Waals surface area (Å²) in [4.78, 5) is 32.7. The summed E-state index contributed by atoms with van der Waals surface area (Å²) < 4.78 is 0. The number of hydrogen-bond acceptors (Lipinski definition) is 12. The second-order valence-corrected chi connectivity index (χ2v) is 13.6. The molecule has 0 fully saturated rings. The van der Waals surface area contributed by atoms with E-state index in [1.54, 1.807) is 56.0 Å². The minimum absolute atomic E-state index is 0.120. The Morgan fingerprint density at radius 2 is 1.06 bits per heavy atom. The first-order valence-corrected chi connectivity index (χ1v) is 18.0. The fourth-order valence-corrected chi connectivity index (χ4v) is 4.08. The number of aromatic nitrogens is 12. The minimum atomic E-state index is 0.120. The van der Waals surface area contributed by atoms with Crippen LogP contribution in [0.2, 0.25) is 0 Å². The molecular weight excluding hydrogens is 661 g/mol.